The van der Waals surface area contributed by atoms with Crippen LogP contribution in [0.2, 0.25) is 0 Å². The highest BCUT2D eigenvalue weighted by Crippen LogP contribution is 2.20. The highest BCUT2D eigenvalue weighted by molar-refractivity contribution is 5.67. The zero-order valence-electron chi connectivity index (χ0n) is 10.8. The predicted molar refractivity (Wildman–Crippen MR) is 70.9 cm³/mol. The van der Waals surface area contributed by atoms with E-state index in [-0.39, 0.29) is 0 Å². The smallest absolute Gasteiger partial charge is 0.0743 e. The molecule has 0 amide bonds. The molecule has 0 heterocycles. The fraction of sp³-hybridized carbons (Fsp3) is 0.500. The molecule has 0 unspecified atom stereocenters. The van der Waals surface area contributed by atoms with Crippen LogP contribution in [0.15, 0.2) is 18.2 Å². The summed E-state index contributed by atoms with van der Waals surface area (Å²) in [5, 5.41) is 1.51. The van der Waals surface area contributed by atoms with Crippen molar-refractivity contribution in [3.63, 3.8) is 0 Å². The lowest BCUT2D eigenvalue weighted by Gasteiger charge is -2.14. The fourth-order valence-electron chi connectivity index (χ4n) is 0.995. The van der Waals surface area contributed by atoms with Gasteiger partial charge in [0.05, 0.1) is 11.4 Å². The number of aryl methyl sites for hydroxylation is 1. The molecule has 0 aromatic heterocycles. The SMILES string of the molecule is CC.CC.Cc1ccc(N(C)N)c(N)c1. The van der Waals surface area contributed by atoms with Crippen molar-refractivity contribution in [3.05, 3.63) is 23.8 Å². The normalized spacial score (nSPS) is 7.93. The summed E-state index contributed by atoms with van der Waals surface area (Å²) < 4.78 is 0. The average molecular weight is 211 g/mol. The minimum absolute atomic E-state index is 0.718. The quantitative estimate of drug-likeness (QED) is 0.426. The van der Waals surface area contributed by atoms with E-state index >= 15 is 0 Å². The molecule has 0 radical (unpaired) electrons. The Balaban J connectivity index is 0. The van der Waals surface area contributed by atoms with Gasteiger partial charge in [-0.05, 0) is 24.6 Å². The molecule has 3 nitrogen and oxygen atoms in total. The molecule has 3 heteroatoms. The first-order chi connectivity index (χ1) is 7.11. The lowest BCUT2D eigenvalue weighted by atomic mass is 10.2. The van der Waals surface area contributed by atoms with Gasteiger partial charge >= 0.3 is 0 Å². The Bertz CT molecular complexity index is 257. The number of nitrogens with two attached hydrogens (primary N) is 2. The second kappa shape index (κ2) is 9.34. The van der Waals surface area contributed by atoms with Crippen molar-refractivity contribution < 1.29 is 0 Å². The topological polar surface area (TPSA) is 55.3 Å². The fourth-order valence-corrected chi connectivity index (χ4v) is 0.995. The van der Waals surface area contributed by atoms with Gasteiger partial charge in [-0.1, -0.05) is 33.8 Å². The molecule has 4 N–H and O–H groups in total. The van der Waals surface area contributed by atoms with Crippen LogP contribution >= 0.6 is 0 Å². The largest absolute Gasteiger partial charge is 0.397 e. The molecule has 1 aromatic carbocycles. The summed E-state index contributed by atoms with van der Waals surface area (Å²) in [6, 6.07) is 5.79. The molecule has 0 saturated carbocycles. The minimum atomic E-state index is 0.718. The molecule has 0 aliphatic carbocycles. The Kier molecular flexibility index (Phi) is 10.1. The monoisotopic (exact) mass is 211 g/mol. The maximum absolute atomic E-state index is 5.70. The maximum atomic E-state index is 5.70. The molecule has 0 fully saturated rings. The van der Waals surface area contributed by atoms with E-state index in [2.05, 4.69) is 0 Å². The van der Waals surface area contributed by atoms with Gasteiger partial charge in [-0.25, -0.2) is 5.84 Å². The zero-order chi connectivity index (χ0) is 12.4. The highest BCUT2D eigenvalue weighted by Gasteiger charge is 1.99. The van der Waals surface area contributed by atoms with Crippen LogP contribution in [-0.4, -0.2) is 7.05 Å². The second-order valence-electron chi connectivity index (χ2n) is 2.67. The lowest BCUT2D eigenvalue weighted by molar-refractivity contribution is 1.02. The molecule has 1 rings (SSSR count). The lowest BCUT2D eigenvalue weighted by Crippen LogP contribution is -2.25. The Hall–Kier alpha value is -1.22. The van der Waals surface area contributed by atoms with Gasteiger partial charge in [-0.3, -0.25) is 0 Å². The summed E-state index contributed by atoms with van der Waals surface area (Å²) in [4.78, 5) is 0. The summed E-state index contributed by atoms with van der Waals surface area (Å²) in [7, 11) is 1.76. The number of nitrogen functional groups attached to an aromatic ring is 1. The van der Waals surface area contributed by atoms with Crippen LogP contribution < -0.4 is 16.6 Å². The Morgan fingerprint density at radius 3 is 1.87 bits per heavy atom. The van der Waals surface area contributed by atoms with Crippen molar-refractivity contribution in [2.24, 2.45) is 5.84 Å². The van der Waals surface area contributed by atoms with Crippen molar-refractivity contribution in [1.82, 2.24) is 0 Å². The number of hydrogen-bond donors (Lipinski definition) is 2. The van der Waals surface area contributed by atoms with E-state index in [0.717, 1.165) is 16.9 Å². The molecule has 0 saturated heterocycles. The molecule has 0 bridgehead atoms. The molecule has 0 aliphatic heterocycles. The standard InChI is InChI=1S/C8H13N3.2C2H6/c1-6-3-4-8(11(2)10)7(9)5-6;2*1-2/h3-5H,9-10H2,1-2H3;2*1-2H3. The summed E-state index contributed by atoms with van der Waals surface area (Å²) in [6.07, 6.45) is 0. The molecule has 1 aromatic rings. The summed E-state index contributed by atoms with van der Waals surface area (Å²) in [5.41, 5.74) is 8.42. The molecule has 0 aliphatic rings. The summed E-state index contributed by atoms with van der Waals surface area (Å²) in [6.45, 7) is 10.00. The van der Waals surface area contributed by atoms with Gasteiger partial charge in [0.2, 0.25) is 0 Å². The van der Waals surface area contributed by atoms with E-state index in [9.17, 15) is 0 Å². The van der Waals surface area contributed by atoms with Crippen LogP contribution in [0, 0.1) is 6.92 Å². The average Bonchev–Trinajstić information content (AvgIpc) is 2.23. The van der Waals surface area contributed by atoms with Crippen molar-refractivity contribution in [3.8, 4) is 0 Å². The summed E-state index contributed by atoms with van der Waals surface area (Å²) in [5.74, 6) is 5.52. The van der Waals surface area contributed by atoms with Crippen LogP contribution in [0.5, 0.6) is 0 Å². The summed E-state index contributed by atoms with van der Waals surface area (Å²) >= 11 is 0. The molecule has 0 atom stereocenters. The van der Waals surface area contributed by atoms with E-state index in [1.807, 2.05) is 52.8 Å². The number of hydrogen-bond acceptors (Lipinski definition) is 3. The van der Waals surface area contributed by atoms with Crippen molar-refractivity contribution in [2.45, 2.75) is 34.6 Å². The van der Waals surface area contributed by atoms with Crippen LogP contribution in [0.3, 0.4) is 0 Å². The molecule has 15 heavy (non-hydrogen) atoms. The first kappa shape index (κ1) is 16.2. The van der Waals surface area contributed by atoms with Gasteiger partial charge in [0.1, 0.15) is 0 Å². The van der Waals surface area contributed by atoms with Gasteiger partial charge in [0, 0.05) is 7.05 Å². The van der Waals surface area contributed by atoms with Gasteiger partial charge in [0.25, 0.3) is 0 Å². The van der Waals surface area contributed by atoms with E-state index < -0.39 is 0 Å². The first-order valence-corrected chi connectivity index (χ1v) is 5.46. The maximum Gasteiger partial charge on any atom is 0.0743 e. The highest BCUT2D eigenvalue weighted by atomic mass is 15.4. The molecular weight excluding hydrogens is 186 g/mol. The zero-order valence-corrected chi connectivity index (χ0v) is 10.8. The van der Waals surface area contributed by atoms with Gasteiger partial charge in [-0.2, -0.15) is 0 Å². The molecular formula is C12H25N3. The van der Waals surface area contributed by atoms with Crippen molar-refractivity contribution in [1.29, 1.82) is 0 Å². The number of anilines is 2. The third-order valence-electron chi connectivity index (χ3n) is 1.56. The first-order valence-electron chi connectivity index (χ1n) is 5.46. The van der Waals surface area contributed by atoms with Gasteiger partial charge < -0.3 is 10.7 Å². The van der Waals surface area contributed by atoms with E-state index in [1.165, 1.54) is 5.01 Å². The number of rotatable bonds is 1. The molecule has 0 spiro atoms. The Morgan fingerprint density at radius 2 is 1.53 bits per heavy atom. The number of nitrogens with zero attached hydrogens (tertiary/aromatic N) is 1. The Morgan fingerprint density at radius 1 is 1.07 bits per heavy atom. The number of benzene rings is 1. The van der Waals surface area contributed by atoms with Crippen LogP contribution in [0.4, 0.5) is 11.4 Å². The predicted octanol–water partition coefficient (Wildman–Crippen LogP) is 2.94. The third-order valence-corrected chi connectivity index (χ3v) is 1.56. The van der Waals surface area contributed by atoms with Gasteiger partial charge in [0.15, 0.2) is 0 Å². The van der Waals surface area contributed by atoms with Crippen LogP contribution in [-0.2, 0) is 0 Å². The molecule has 88 valence electrons. The van der Waals surface area contributed by atoms with E-state index in [4.69, 9.17) is 11.6 Å². The van der Waals surface area contributed by atoms with Gasteiger partial charge in [-0.15, -0.1) is 0 Å². The second-order valence-corrected chi connectivity index (χ2v) is 2.67. The minimum Gasteiger partial charge on any atom is -0.397 e. The Labute approximate surface area is 94.0 Å². The van der Waals surface area contributed by atoms with Crippen LogP contribution in [0.1, 0.15) is 33.3 Å². The van der Waals surface area contributed by atoms with Crippen LogP contribution in [0.25, 0.3) is 0 Å². The van der Waals surface area contributed by atoms with E-state index in [0.29, 0.717) is 0 Å². The number of hydrazine groups is 1. The third kappa shape index (κ3) is 5.96. The van der Waals surface area contributed by atoms with Crippen molar-refractivity contribution >= 4 is 11.4 Å². The van der Waals surface area contributed by atoms with E-state index in [1.54, 1.807) is 7.05 Å². The van der Waals surface area contributed by atoms with Crippen molar-refractivity contribution in [2.75, 3.05) is 17.8 Å².